The van der Waals surface area contributed by atoms with Gasteiger partial charge in [0.15, 0.2) is 22.8 Å². The van der Waals surface area contributed by atoms with E-state index in [0.29, 0.717) is 64.4 Å². The van der Waals surface area contributed by atoms with Crippen LogP contribution in [0.1, 0.15) is 78.4 Å². The number of aromatic amines is 1. The van der Waals surface area contributed by atoms with Crippen molar-refractivity contribution in [2.24, 2.45) is 0 Å². The van der Waals surface area contributed by atoms with E-state index in [2.05, 4.69) is 72.0 Å². The predicted octanol–water partition coefficient (Wildman–Crippen LogP) is 3.30. The molecule has 0 fully saturated rings. The van der Waals surface area contributed by atoms with Crippen molar-refractivity contribution >= 4 is 46.3 Å². The summed E-state index contributed by atoms with van der Waals surface area (Å²) in [7, 11) is 0. The molecule has 3 aromatic heterocycles. The Hall–Kier alpha value is -6.06. The maximum atomic E-state index is 13.2. The lowest BCUT2D eigenvalue weighted by atomic mass is 9.84. The zero-order chi connectivity index (χ0) is 34.4. The van der Waals surface area contributed by atoms with Crippen LogP contribution in [0.25, 0.3) is 22.6 Å². The fourth-order valence-electron chi connectivity index (χ4n) is 4.98. The minimum Gasteiger partial charge on any atom is -0.480 e. The van der Waals surface area contributed by atoms with Gasteiger partial charge in [-0.25, -0.2) is 14.8 Å². The molecule has 0 saturated heterocycles. The number of nitrogens with zero attached hydrogens (tertiary/aromatic N) is 7. The number of ketones is 1. The molecule has 0 unspecified atom stereocenters. The van der Waals surface area contributed by atoms with Gasteiger partial charge in [0.2, 0.25) is 11.8 Å². The number of carboxylic acid groups (broad SMARTS) is 1. The fourth-order valence-corrected chi connectivity index (χ4v) is 4.98. The van der Waals surface area contributed by atoms with E-state index in [0.717, 1.165) is 5.56 Å². The first kappa shape index (κ1) is 33.3. The molecule has 1 amide bonds. The van der Waals surface area contributed by atoms with Gasteiger partial charge in [0.25, 0.3) is 5.91 Å². The summed E-state index contributed by atoms with van der Waals surface area (Å²) < 4.78 is 0. The van der Waals surface area contributed by atoms with Crippen molar-refractivity contribution in [1.82, 2.24) is 45.9 Å². The van der Waals surface area contributed by atoms with Crippen LogP contribution in [0, 0.1) is 0 Å². The van der Waals surface area contributed by atoms with Crippen molar-refractivity contribution < 1.29 is 19.5 Å². The fraction of sp³-hybridized carbons (Fsp3) is 0.312. The van der Waals surface area contributed by atoms with Crippen molar-refractivity contribution in [3.8, 4) is 11.4 Å². The summed E-state index contributed by atoms with van der Waals surface area (Å²) in [5.41, 5.74) is 15.6. The van der Waals surface area contributed by atoms with Crippen LogP contribution >= 0.6 is 0 Å². The number of carboxylic acids is 1. The van der Waals surface area contributed by atoms with E-state index >= 15 is 0 Å². The molecule has 16 heteroatoms. The number of H-pyrrole nitrogens is 1. The quantitative estimate of drug-likeness (QED) is 0.0788. The molecular formula is C32H36N12O4. The second kappa shape index (κ2) is 14.1. The highest BCUT2D eigenvalue weighted by Gasteiger charge is 2.23. The average molecular weight is 653 g/mol. The summed E-state index contributed by atoms with van der Waals surface area (Å²) in [5, 5.41) is 29.7. The number of fused-ring (bicyclic) bond motifs is 1. The monoisotopic (exact) mass is 652 g/mol. The molecule has 0 aliphatic carbocycles. The van der Waals surface area contributed by atoms with Crippen LogP contribution in [0.2, 0.25) is 0 Å². The number of nitrogens with one attached hydrogen (secondary N) is 3. The number of anilines is 3. The van der Waals surface area contributed by atoms with Crippen LogP contribution in [0.15, 0.2) is 48.7 Å². The first-order valence-electron chi connectivity index (χ1n) is 15.2. The highest BCUT2D eigenvalue weighted by Crippen LogP contribution is 2.30. The molecule has 16 nitrogen and oxygen atoms in total. The van der Waals surface area contributed by atoms with E-state index in [1.54, 1.807) is 36.5 Å². The van der Waals surface area contributed by atoms with Crippen LogP contribution in [-0.2, 0) is 16.8 Å². The van der Waals surface area contributed by atoms with E-state index in [4.69, 9.17) is 11.5 Å². The molecule has 0 bridgehead atoms. The Morgan fingerprint density at radius 1 is 1.00 bits per heavy atom. The normalized spacial score (nSPS) is 12.1. The summed E-state index contributed by atoms with van der Waals surface area (Å²) in [5.74, 6) is -1.32. The summed E-state index contributed by atoms with van der Waals surface area (Å²) in [6.07, 6.45) is 2.73. The smallest absolute Gasteiger partial charge is 0.326 e. The molecule has 5 rings (SSSR count). The van der Waals surface area contributed by atoms with E-state index in [1.165, 1.54) is 0 Å². The number of aromatic nitrogens is 8. The number of carbonyl (C=O) groups excluding carboxylic acids is 2. The number of nitrogens with two attached hydrogens (primary N) is 2. The number of aliphatic carboxylic acids is 1. The van der Waals surface area contributed by atoms with E-state index < -0.39 is 17.9 Å². The van der Waals surface area contributed by atoms with E-state index in [-0.39, 0.29) is 35.8 Å². The Morgan fingerprint density at radius 2 is 1.77 bits per heavy atom. The second-order valence-electron chi connectivity index (χ2n) is 12.2. The lowest BCUT2D eigenvalue weighted by Gasteiger charge is -2.20. The maximum Gasteiger partial charge on any atom is 0.326 e. The molecule has 5 aromatic rings. The lowest BCUT2D eigenvalue weighted by Crippen LogP contribution is -2.40. The Balaban J connectivity index is 1.13. The zero-order valence-corrected chi connectivity index (χ0v) is 26.7. The largest absolute Gasteiger partial charge is 0.480 e. The molecular weight excluding hydrogens is 616 g/mol. The van der Waals surface area contributed by atoms with Crippen molar-refractivity contribution in [3.05, 3.63) is 71.0 Å². The molecule has 0 saturated carbocycles. The SMILES string of the molecule is CC(C)(C)c1ccc(C(=O)CCCC[C@H](NC(=O)c2ccc(NCc3cnc4nc(N)nc(N)c4n3)cc2)C(=O)O)c(-c2nn[nH]n2)c1. The van der Waals surface area contributed by atoms with Gasteiger partial charge in [0.05, 0.1) is 18.4 Å². The van der Waals surface area contributed by atoms with Gasteiger partial charge in [-0.05, 0) is 59.4 Å². The van der Waals surface area contributed by atoms with Crippen molar-refractivity contribution in [1.29, 1.82) is 0 Å². The third-order valence-electron chi connectivity index (χ3n) is 7.64. The molecule has 48 heavy (non-hydrogen) atoms. The van der Waals surface area contributed by atoms with Crippen LogP contribution < -0.4 is 22.1 Å². The Bertz CT molecular complexity index is 1940. The van der Waals surface area contributed by atoms with Gasteiger partial charge in [0, 0.05) is 28.8 Å². The molecule has 0 radical (unpaired) electrons. The summed E-state index contributed by atoms with van der Waals surface area (Å²) in [4.78, 5) is 54.6. The molecule has 1 atom stereocenters. The topological polar surface area (TPSA) is 254 Å². The second-order valence-corrected chi connectivity index (χ2v) is 12.2. The number of carbonyl (C=O) groups is 3. The third kappa shape index (κ3) is 8.01. The molecule has 248 valence electrons. The number of nitrogen functional groups attached to an aromatic ring is 2. The molecule has 8 N–H and O–H groups in total. The average Bonchev–Trinajstić information content (AvgIpc) is 3.60. The van der Waals surface area contributed by atoms with Gasteiger partial charge in [-0.1, -0.05) is 39.3 Å². The molecule has 0 spiro atoms. The minimum absolute atomic E-state index is 0.0149. The van der Waals surface area contributed by atoms with Crippen molar-refractivity contribution in [2.75, 3.05) is 16.8 Å². The summed E-state index contributed by atoms with van der Waals surface area (Å²) >= 11 is 0. The summed E-state index contributed by atoms with van der Waals surface area (Å²) in [6.45, 7) is 6.53. The van der Waals surface area contributed by atoms with Crippen LogP contribution in [-0.4, -0.2) is 69.4 Å². The first-order valence-corrected chi connectivity index (χ1v) is 15.2. The highest BCUT2D eigenvalue weighted by atomic mass is 16.4. The van der Waals surface area contributed by atoms with Crippen LogP contribution in [0.4, 0.5) is 17.5 Å². The number of tetrazole rings is 1. The summed E-state index contributed by atoms with van der Waals surface area (Å²) in [6, 6.07) is 11.0. The Labute approximate surface area is 275 Å². The molecule has 0 aliphatic heterocycles. The number of hydrogen-bond donors (Lipinski definition) is 6. The number of amides is 1. The maximum absolute atomic E-state index is 13.2. The standard InChI is InChI=1S/C32H36N12O4/c1-32(2,3)18-10-13-21(22(14-18)27-41-43-44-42-27)24(45)7-5-4-6-23(30(47)48)38-29(46)17-8-11-19(12-9-17)35-15-20-16-36-28-25(37-20)26(33)39-31(34)40-28/h8-14,16,23,35H,4-7,15H2,1-3H3,(H,38,46)(H,47,48)(H,41,42,43,44)(H4,33,34,36,39,40)/t23-/m0/s1. The number of unbranched alkanes of at least 4 members (excludes halogenated alkanes) is 1. The van der Waals surface area contributed by atoms with Crippen molar-refractivity contribution in [3.63, 3.8) is 0 Å². The first-order chi connectivity index (χ1) is 22.9. The lowest BCUT2D eigenvalue weighted by molar-refractivity contribution is -0.139. The molecule has 2 aromatic carbocycles. The van der Waals surface area contributed by atoms with Crippen molar-refractivity contribution in [2.45, 2.75) is 64.5 Å². The van der Waals surface area contributed by atoms with E-state index in [1.807, 2.05) is 12.1 Å². The van der Waals surface area contributed by atoms with Gasteiger partial charge in [-0.3, -0.25) is 9.59 Å². The Kier molecular flexibility index (Phi) is 9.82. The van der Waals surface area contributed by atoms with E-state index in [9.17, 15) is 19.5 Å². The van der Waals surface area contributed by atoms with Gasteiger partial charge in [-0.15, -0.1) is 10.2 Å². The highest BCUT2D eigenvalue weighted by molar-refractivity contribution is 6.01. The van der Waals surface area contributed by atoms with Gasteiger partial charge in [0.1, 0.15) is 6.04 Å². The minimum atomic E-state index is -1.16. The molecule has 3 heterocycles. The number of Topliss-reactive ketones (excluding diaryl/α,β-unsaturated/α-hetero) is 1. The number of hydrogen-bond acceptors (Lipinski definition) is 13. The van der Waals surface area contributed by atoms with Gasteiger partial charge < -0.3 is 27.2 Å². The number of benzene rings is 2. The molecule has 0 aliphatic rings. The van der Waals surface area contributed by atoms with Crippen LogP contribution in [0.3, 0.4) is 0 Å². The van der Waals surface area contributed by atoms with Crippen LogP contribution in [0.5, 0.6) is 0 Å². The van der Waals surface area contributed by atoms with Gasteiger partial charge >= 0.3 is 5.97 Å². The number of rotatable bonds is 13. The Morgan fingerprint density at radius 3 is 2.46 bits per heavy atom. The zero-order valence-electron chi connectivity index (χ0n) is 26.7. The third-order valence-corrected chi connectivity index (χ3v) is 7.64. The van der Waals surface area contributed by atoms with Gasteiger partial charge in [-0.2, -0.15) is 15.2 Å². The predicted molar refractivity (Wildman–Crippen MR) is 178 cm³/mol.